The molecule has 1 rings (SSSR count). The van der Waals surface area contributed by atoms with Gasteiger partial charge in [0.05, 0.1) is 0 Å². The minimum atomic E-state index is -0.917. The van der Waals surface area contributed by atoms with Crippen LogP contribution in [0.15, 0.2) is 18.2 Å². The molecule has 1 aromatic rings. The Hall–Kier alpha value is -1.51. The Kier molecular flexibility index (Phi) is 3.72. The Morgan fingerprint density at radius 1 is 1.40 bits per heavy atom. The summed E-state index contributed by atoms with van der Waals surface area (Å²) in [4.78, 5) is 10.8. The second-order valence-corrected chi connectivity index (χ2v) is 3.57. The van der Waals surface area contributed by atoms with Gasteiger partial charge in [0.15, 0.2) is 6.10 Å². The van der Waals surface area contributed by atoms with Crippen LogP contribution in [-0.2, 0) is 4.79 Å². The van der Waals surface area contributed by atoms with E-state index < -0.39 is 12.1 Å². The lowest BCUT2D eigenvalue weighted by atomic mass is 10.1. The van der Waals surface area contributed by atoms with Crippen LogP contribution in [-0.4, -0.2) is 17.2 Å². The molecule has 0 spiro atoms. The van der Waals surface area contributed by atoms with Gasteiger partial charge < -0.3 is 9.84 Å². The van der Waals surface area contributed by atoms with E-state index in [1.54, 1.807) is 6.92 Å². The molecule has 0 amide bonds. The van der Waals surface area contributed by atoms with E-state index in [4.69, 9.17) is 9.84 Å². The number of aryl methyl sites for hydroxylation is 2. The molecule has 0 fully saturated rings. The molecular weight excluding hydrogens is 192 g/mol. The number of benzene rings is 1. The van der Waals surface area contributed by atoms with Gasteiger partial charge in [-0.1, -0.05) is 25.1 Å². The Morgan fingerprint density at radius 2 is 1.93 bits per heavy atom. The van der Waals surface area contributed by atoms with Crippen LogP contribution in [0.1, 0.15) is 24.5 Å². The fourth-order valence-corrected chi connectivity index (χ4v) is 1.44. The van der Waals surface area contributed by atoms with Gasteiger partial charge >= 0.3 is 5.97 Å². The summed E-state index contributed by atoms with van der Waals surface area (Å²) in [5, 5.41) is 8.89. The number of rotatable bonds is 4. The standard InChI is InChI=1S/C12H16O3/c1-4-10(12(13)14)15-11-8(2)6-5-7-9(11)3/h5-7,10H,4H2,1-3H3,(H,13,14)/t10-/m0/s1. The quantitative estimate of drug-likeness (QED) is 0.827. The highest BCUT2D eigenvalue weighted by atomic mass is 16.5. The molecule has 0 radical (unpaired) electrons. The molecule has 3 heteroatoms. The van der Waals surface area contributed by atoms with Crippen LogP contribution in [0.3, 0.4) is 0 Å². The van der Waals surface area contributed by atoms with Crippen molar-refractivity contribution in [2.45, 2.75) is 33.3 Å². The summed E-state index contributed by atoms with van der Waals surface area (Å²) in [7, 11) is 0. The third-order valence-electron chi connectivity index (χ3n) is 2.32. The first-order valence-electron chi connectivity index (χ1n) is 5.02. The molecule has 82 valence electrons. The van der Waals surface area contributed by atoms with Gasteiger partial charge in [-0.3, -0.25) is 0 Å². The van der Waals surface area contributed by atoms with Crippen molar-refractivity contribution < 1.29 is 14.6 Å². The number of hydrogen-bond donors (Lipinski definition) is 1. The number of ether oxygens (including phenoxy) is 1. The summed E-state index contributed by atoms with van der Waals surface area (Å²) >= 11 is 0. The van der Waals surface area contributed by atoms with Crippen LogP contribution in [0, 0.1) is 13.8 Å². The first kappa shape index (κ1) is 11.6. The summed E-state index contributed by atoms with van der Waals surface area (Å²) in [5.74, 6) is -0.230. The molecule has 0 unspecified atom stereocenters. The average Bonchev–Trinajstić information content (AvgIpc) is 2.17. The zero-order valence-electron chi connectivity index (χ0n) is 9.28. The van der Waals surface area contributed by atoms with Crippen molar-refractivity contribution in [2.24, 2.45) is 0 Å². The highest BCUT2D eigenvalue weighted by Crippen LogP contribution is 2.24. The highest BCUT2D eigenvalue weighted by Gasteiger charge is 2.18. The van der Waals surface area contributed by atoms with E-state index in [0.29, 0.717) is 12.2 Å². The minimum absolute atomic E-state index is 0.461. The van der Waals surface area contributed by atoms with E-state index in [-0.39, 0.29) is 0 Å². The van der Waals surface area contributed by atoms with Crippen molar-refractivity contribution in [3.8, 4) is 5.75 Å². The molecule has 0 aliphatic rings. The number of para-hydroxylation sites is 1. The first-order chi connectivity index (χ1) is 7.06. The number of carbonyl (C=O) groups is 1. The second kappa shape index (κ2) is 4.82. The Bertz CT molecular complexity index is 338. The molecule has 0 aliphatic heterocycles. The number of aliphatic carboxylic acids is 1. The van der Waals surface area contributed by atoms with Crippen LogP contribution in [0.25, 0.3) is 0 Å². The first-order valence-corrected chi connectivity index (χ1v) is 5.02. The van der Waals surface area contributed by atoms with Crippen LogP contribution >= 0.6 is 0 Å². The topological polar surface area (TPSA) is 46.5 Å². The predicted molar refractivity (Wildman–Crippen MR) is 58.3 cm³/mol. The molecule has 0 bridgehead atoms. The van der Waals surface area contributed by atoms with E-state index in [0.717, 1.165) is 11.1 Å². The number of carboxylic acid groups (broad SMARTS) is 1. The van der Waals surface area contributed by atoms with Gasteiger partial charge in [-0.2, -0.15) is 0 Å². The van der Waals surface area contributed by atoms with Gasteiger partial charge in [-0.05, 0) is 31.4 Å². The van der Waals surface area contributed by atoms with Crippen molar-refractivity contribution in [3.63, 3.8) is 0 Å². The van der Waals surface area contributed by atoms with Crippen LogP contribution in [0.2, 0.25) is 0 Å². The smallest absolute Gasteiger partial charge is 0.344 e. The molecule has 0 aliphatic carbocycles. The lowest BCUT2D eigenvalue weighted by Gasteiger charge is -2.16. The van der Waals surface area contributed by atoms with Crippen LogP contribution in [0.4, 0.5) is 0 Å². The van der Waals surface area contributed by atoms with Gasteiger partial charge in [0.1, 0.15) is 5.75 Å². The Balaban J connectivity index is 2.92. The normalized spacial score (nSPS) is 12.2. The number of hydrogen-bond acceptors (Lipinski definition) is 2. The molecule has 0 aromatic heterocycles. The summed E-state index contributed by atoms with van der Waals surface area (Å²) in [6.45, 7) is 5.63. The van der Waals surface area contributed by atoms with Gasteiger partial charge in [-0.25, -0.2) is 4.79 Å². The van der Waals surface area contributed by atoms with E-state index in [1.807, 2.05) is 32.0 Å². The molecule has 0 saturated carbocycles. The van der Waals surface area contributed by atoms with Crippen molar-refractivity contribution in [2.75, 3.05) is 0 Å². The fourth-order valence-electron chi connectivity index (χ4n) is 1.44. The largest absolute Gasteiger partial charge is 0.479 e. The van der Waals surface area contributed by atoms with Gasteiger partial charge in [0.2, 0.25) is 0 Å². The number of carboxylic acids is 1. The molecule has 0 saturated heterocycles. The average molecular weight is 208 g/mol. The maximum Gasteiger partial charge on any atom is 0.344 e. The molecule has 3 nitrogen and oxygen atoms in total. The van der Waals surface area contributed by atoms with Crippen LogP contribution in [0.5, 0.6) is 5.75 Å². The zero-order valence-corrected chi connectivity index (χ0v) is 9.28. The summed E-state index contributed by atoms with van der Waals surface area (Å²) in [5.41, 5.74) is 1.93. The Labute approximate surface area is 89.7 Å². The summed E-state index contributed by atoms with van der Waals surface area (Å²) in [6.07, 6.45) is -0.298. The van der Waals surface area contributed by atoms with Crippen molar-refractivity contribution in [3.05, 3.63) is 29.3 Å². The Morgan fingerprint density at radius 3 is 2.33 bits per heavy atom. The van der Waals surface area contributed by atoms with Crippen molar-refractivity contribution in [1.82, 2.24) is 0 Å². The highest BCUT2D eigenvalue weighted by molar-refractivity contribution is 5.72. The molecular formula is C12H16O3. The van der Waals surface area contributed by atoms with Crippen molar-refractivity contribution >= 4 is 5.97 Å². The monoisotopic (exact) mass is 208 g/mol. The second-order valence-electron chi connectivity index (χ2n) is 3.57. The maximum absolute atomic E-state index is 10.8. The zero-order chi connectivity index (χ0) is 11.4. The maximum atomic E-state index is 10.8. The predicted octanol–water partition coefficient (Wildman–Crippen LogP) is 2.55. The third-order valence-corrected chi connectivity index (χ3v) is 2.32. The fraction of sp³-hybridized carbons (Fsp3) is 0.417. The van der Waals surface area contributed by atoms with E-state index >= 15 is 0 Å². The molecule has 0 heterocycles. The molecule has 1 aromatic carbocycles. The van der Waals surface area contributed by atoms with Gasteiger partial charge in [0, 0.05) is 0 Å². The molecule has 15 heavy (non-hydrogen) atoms. The van der Waals surface area contributed by atoms with Gasteiger partial charge in [0.25, 0.3) is 0 Å². The van der Waals surface area contributed by atoms with Crippen molar-refractivity contribution in [1.29, 1.82) is 0 Å². The lowest BCUT2D eigenvalue weighted by Crippen LogP contribution is -2.26. The van der Waals surface area contributed by atoms with Crippen LogP contribution < -0.4 is 4.74 Å². The lowest BCUT2D eigenvalue weighted by molar-refractivity contribution is -0.145. The van der Waals surface area contributed by atoms with E-state index in [2.05, 4.69) is 0 Å². The molecule has 1 N–H and O–H groups in total. The summed E-state index contributed by atoms with van der Waals surface area (Å²) < 4.78 is 5.49. The molecule has 1 atom stereocenters. The third kappa shape index (κ3) is 2.72. The SMILES string of the molecule is CC[C@H](Oc1c(C)cccc1C)C(=O)O. The van der Waals surface area contributed by atoms with Gasteiger partial charge in [-0.15, -0.1) is 0 Å². The van der Waals surface area contributed by atoms with E-state index in [9.17, 15) is 4.79 Å². The van der Waals surface area contributed by atoms with E-state index in [1.165, 1.54) is 0 Å². The summed E-state index contributed by atoms with van der Waals surface area (Å²) in [6, 6.07) is 5.76. The minimum Gasteiger partial charge on any atom is -0.479 e.